The minimum atomic E-state index is -0.489. The summed E-state index contributed by atoms with van der Waals surface area (Å²) in [5.41, 5.74) is -0.0568. The van der Waals surface area contributed by atoms with Gasteiger partial charge in [0.25, 0.3) is 0 Å². The molecule has 3 aliphatic carbocycles. The van der Waals surface area contributed by atoms with Gasteiger partial charge in [0.2, 0.25) is 0 Å². The van der Waals surface area contributed by atoms with E-state index in [-0.39, 0.29) is 0 Å². The van der Waals surface area contributed by atoms with Gasteiger partial charge in [0, 0.05) is 0 Å². The molecule has 188 valence electrons. The molecular weight excluding hydrogens is 392 g/mol. The Morgan fingerprint density at radius 2 is 1.69 bits per heavy atom. The van der Waals surface area contributed by atoms with Gasteiger partial charge in [-0.25, -0.2) is 0 Å². The molecule has 0 heterocycles. The Balaban J connectivity index is 1.72. The number of aliphatic hydroxyl groups is 2. The van der Waals surface area contributed by atoms with E-state index < -0.39 is 11.2 Å². The van der Waals surface area contributed by atoms with Gasteiger partial charge in [-0.3, -0.25) is 0 Å². The molecule has 32 heavy (non-hydrogen) atoms. The molecule has 0 amide bonds. The van der Waals surface area contributed by atoms with E-state index in [1.807, 2.05) is 6.92 Å². The first kappa shape index (κ1) is 26.5. The van der Waals surface area contributed by atoms with E-state index >= 15 is 0 Å². The van der Waals surface area contributed by atoms with Crippen molar-refractivity contribution in [1.82, 2.24) is 0 Å². The summed E-state index contributed by atoms with van der Waals surface area (Å²) in [6, 6.07) is 0. The van der Waals surface area contributed by atoms with E-state index in [9.17, 15) is 10.2 Å². The van der Waals surface area contributed by atoms with E-state index in [2.05, 4.69) is 41.5 Å². The van der Waals surface area contributed by atoms with Gasteiger partial charge in [0.15, 0.2) is 0 Å². The van der Waals surface area contributed by atoms with E-state index in [0.29, 0.717) is 22.7 Å². The van der Waals surface area contributed by atoms with Crippen molar-refractivity contribution in [3.8, 4) is 0 Å². The van der Waals surface area contributed by atoms with Gasteiger partial charge >= 0.3 is 0 Å². The molecule has 0 aliphatic heterocycles. The highest BCUT2D eigenvalue weighted by atomic mass is 16.3. The maximum atomic E-state index is 10.8. The Bertz CT molecular complexity index is 610. The lowest BCUT2D eigenvalue weighted by Crippen LogP contribution is -2.44. The van der Waals surface area contributed by atoms with E-state index in [0.717, 1.165) is 49.9 Å². The van der Waals surface area contributed by atoms with Crippen LogP contribution in [0.2, 0.25) is 0 Å². The zero-order chi connectivity index (χ0) is 23.8. The van der Waals surface area contributed by atoms with Crippen LogP contribution in [0, 0.1) is 40.4 Å². The standard InChI is InChI=1S/C30H56O2/c1-8-15-28(5,31)18-14-23(3)26-13-12-25-22(2)10-11-24-21-29(6,32)20-19-27(24,4)16-9-17-30(25,26)7/h22-26,31-32H,8-21H2,1-7H3/t22-,23+,24-,25-,26+,27-,28+,29-,30-/m0/s1. The van der Waals surface area contributed by atoms with Gasteiger partial charge < -0.3 is 10.2 Å². The van der Waals surface area contributed by atoms with Crippen LogP contribution in [0.15, 0.2) is 0 Å². The minimum Gasteiger partial charge on any atom is -0.390 e. The SMILES string of the molecule is CCC[C@@](C)(O)CC[C@@H](C)[C@H]1CC[C@H]2[C@@H](C)CC[C@H]3C[C@@](C)(O)CC[C@]3(C)CCC[C@]12C. The predicted octanol–water partition coefficient (Wildman–Crippen LogP) is 8.14. The van der Waals surface area contributed by atoms with Crippen LogP contribution in [0.4, 0.5) is 0 Å². The molecule has 2 N–H and O–H groups in total. The first-order valence-corrected chi connectivity index (χ1v) is 14.3. The lowest BCUT2D eigenvalue weighted by molar-refractivity contribution is -0.0653. The monoisotopic (exact) mass is 448 g/mol. The maximum absolute atomic E-state index is 10.8. The molecule has 3 aliphatic rings. The molecule has 2 nitrogen and oxygen atoms in total. The molecule has 0 aromatic heterocycles. The minimum absolute atomic E-state index is 0.420. The molecule has 0 saturated heterocycles. The summed E-state index contributed by atoms with van der Waals surface area (Å²) >= 11 is 0. The number of fused-ring (bicyclic) bond motifs is 2. The second-order valence-electron chi connectivity index (χ2n) is 14.0. The fourth-order valence-corrected chi connectivity index (χ4v) is 8.89. The molecule has 0 aromatic rings. The van der Waals surface area contributed by atoms with Crippen molar-refractivity contribution in [2.24, 2.45) is 40.4 Å². The van der Waals surface area contributed by atoms with Crippen molar-refractivity contribution in [3.63, 3.8) is 0 Å². The fraction of sp³-hybridized carbons (Fsp3) is 1.00. The molecule has 3 rings (SSSR count). The number of rotatable bonds is 6. The molecule has 9 atom stereocenters. The summed E-state index contributed by atoms with van der Waals surface area (Å²) in [4.78, 5) is 0. The molecule has 2 heteroatoms. The van der Waals surface area contributed by atoms with Gasteiger partial charge in [-0.15, -0.1) is 0 Å². The predicted molar refractivity (Wildman–Crippen MR) is 137 cm³/mol. The van der Waals surface area contributed by atoms with E-state index in [1.165, 1.54) is 57.8 Å². The Labute approximate surface area is 200 Å². The van der Waals surface area contributed by atoms with Crippen LogP contribution in [0.5, 0.6) is 0 Å². The van der Waals surface area contributed by atoms with Crippen molar-refractivity contribution in [3.05, 3.63) is 0 Å². The lowest BCUT2D eigenvalue weighted by Gasteiger charge is -2.50. The molecule has 0 bridgehead atoms. The van der Waals surface area contributed by atoms with Crippen LogP contribution >= 0.6 is 0 Å². The van der Waals surface area contributed by atoms with Crippen LogP contribution < -0.4 is 0 Å². The van der Waals surface area contributed by atoms with Crippen LogP contribution in [0.1, 0.15) is 138 Å². The van der Waals surface area contributed by atoms with Crippen LogP contribution in [0.25, 0.3) is 0 Å². The lowest BCUT2D eigenvalue weighted by atomic mass is 9.56. The topological polar surface area (TPSA) is 40.5 Å². The summed E-state index contributed by atoms with van der Waals surface area (Å²) in [6.45, 7) is 16.5. The van der Waals surface area contributed by atoms with Gasteiger partial charge in [0.05, 0.1) is 11.2 Å². The molecule has 0 radical (unpaired) electrons. The Hall–Kier alpha value is -0.0800. The second kappa shape index (κ2) is 9.88. The zero-order valence-electron chi connectivity index (χ0n) is 22.7. The first-order valence-electron chi connectivity index (χ1n) is 14.3. The van der Waals surface area contributed by atoms with Crippen molar-refractivity contribution < 1.29 is 10.2 Å². The third-order valence-electron chi connectivity index (χ3n) is 11.1. The highest BCUT2D eigenvalue weighted by Gasteiger charge is 2.51. The fourth-order valence-electron chi connectivity index (χ4n) is 8.89. The molecule has 0 unspecified atom stereocenters. The van der Waals surface area contributed by atoms with E-state index in [1.54, 1.807) is 0 Å². The Morgan fingerprint density at radius 3 is 2.38 bits per heavy atom. The summed E-state index contributed by atoms with van der Waals surface area (Å²) < 4.78 is 0. The molecule has 3 fully saturated rings. The van der Waals surface area contributed by atoms with Gasteiger partial charge in [-0.05, 0) is 125 Å². The zero-order valence-corrected chi connectivity index (χ0v) is 22.7. The summed E-state index contributed by atoms with van der Waals surface area (Å²) in [7, 11) is 0. The highest BCUT2D eigenvalue weighted by molar-refractivity contribution is 5.01. The highest BCUT2D eigenvalue weighted by Crippen LogP contribution is 2.60. The average Bonchev–Trinajstić information content (AvgIpc) is 3.03. The Morgan fingerprint density at radius 1 is 0.969 bits per heavy atom. The summed E-state index contributed by atoms with van der Waals surface area (Å²) in [5, 5.41) is 21.5. The van der Waals surface area contributed by atoms with Crippen LogP contribution in [-0.2, 0) is 0 Å². The summed E-state index contributed by atoms with van der Waals surface area (Å²) in [6.07, 6.45) is 16.8. The van der Waals surface area contributed by atoms with Gasteiger partial charge in [-0.2, -0.15) is 0 Å². The molecular formula is C30H56O2. The van der Waals surface area contributed by atoms with Crippen LogP contribution in [0.3, 0.4) is 0 Å². The van der Waals surface area contributed by atoms with Crippen molar-refractivity contribution in [2.75, 3.05) is 0 Å². The molecule has 0 aromatic carbocycles. The van der Waals surface area contributed by atoms with Crippen molar-refractivity contribution in [2.45, 2.75) is 150 Å². The third-order valence-corrected chi connectivity index (χ3v) is 11.1. The smallest absolute Gasteiger partial charge is 0.0622 e. The second-order valence-corrected chi connectivity index (χ2v) is 14.0. The largest absolute Gasteiger partial charge is 0.390 e. The molecule has 3 saturated carbocycles. The van der Waals surface area contributed by atoms with Crippen LogP contribution in [-0.4, -0.2) is 21.4 Å². The summed E-state index contributed by atoms with van der Waals surface area (Å²) in [5.74, 6) is 3.84. The quantitative estimate of drug-likeness (QED) is 0.430. The van der Waals surface area contributed by atoms with Crippen molar-refractivity contribution >= 4 is 0 Å². The molecule has 0 spiro atoms. The first-order chi connectivity index (χ1) is 14.8. The maximum Gasteiger partial charge on any atom is 0.0622 e. The van der Waals surface area contributed by atoms with E-state index in [4.69, 9.17) is 0 Å². The number of hydrogen-bond donors (Lipinski definition) is 2. The number of hydrogen-bond acceptors (Lipinski definition) is 2. The normalized spacial score (nSPS) is 46.0. The van der Waals surface area contributed by atoms with Gasteiger partial charge in [-0.1, -0.05) is 53.9 Å². The van der Waals surface area contributed by atoms with Gasteiger partial charge in [0.1, 0.15) is 0 Å². The average molecular weight is 449 g/mol. The van der Waals surface area contributed by atoms with Crippen molar-refractivity contribution in [1.29, 1.82) is 0 Å². The third kappa shape index (κ3) is 5.76. The Kier molecular flexibility index (Phi) is 8.19.